The van der Waals surface area contributed by atoms with Gasteiger partial charge in [0.1, 0.15) is 17.0 Å². The van der Waals surface area contributed by atoms with Gasteiger partial charge in [-0.25, -0.2) is 9.49 Å². The van der Waals surface area contributed by atoms with Crippen LogP contribution in [-0.2, 0) is 0 Å². The minimum Gasteiger partial charge on any atom is -0.437 e. The summed E-state index contributed by atoms with van der Waals surface area (Å²) in [5.74, 6) is -2.23. The molecule has 5 rings (SSSR count). The van der Waals surface area contributed by atoms with Crippen LogP contribution in [0.1, 0.15) is 20.7 Å². The number of halogens is 1. The minimum absolute atomic E-state index is 0.0382. The molecule has 14 nitrogen and oxygen atoms in total. The van der Waals surface area contributed by atoms with Crippen molar-refractivity contribution in [3.8, 4) is 11.6 Å². The molecule has 0 unspecified atom stereocenters. The number of nitro benzene ring substituents is 2. The lowest BCUT2D eigenvalue weighted by atomic mass is 10.1. The van der Waals surface area contributed by atoms with Gasteiger partial charge < -0.3 is 14.5 Å². The van der Waals surface area contributed by atoms with E-state index in [2.05, 4.69) is 10.2 Å². The molecule has 4 aromatic rings. The van der Waals surface area contributed by atoms with Gasteiger partial charge in [-0.1, -0.05) is 6.07 Å². The molecule has 0 radical (unpaired) electrons. The quantitative estimate of drug-likeness (QED) is 0.272. The van der Waals surface area contributed by atoms with Gasteiger partial charge in [0.2, 0.25) is 0 Å². The first kappa shape index (κ1) is 26.9. The first-order valence-corrected chi connectivity index (χ1v) is 12.1. The number of non-ortho nitro benzene ring substituents is 2. The van der Waals surface area contributed by atoms with Crippen LogP contribution in [0, 0.1) is 26.0 Å². The number of nitrogens with one attached hydrogen (secondary N) is 1. The third-order valence-electron chi connectivity index (χ3n) is 6.52. The Bertz CT molecular complexity index is 1770. The van der Waals surface area contributed by atoms with Gasteiger partial charge in [-0.2, -0.15) is 0 Å². The molecule has 2 heterocycles. The number of nitro groups is 2. The largest absolute Gasteiger partial charge is 0.437 e. The number of aromatic nitrogens is 2. The van der Waals surface area contributed by atoms with E-state index in [0.29, 0.717) is 0 Å². The molecule has 0 spiro atoms. The van der Waals surface area contributed by atoms with Crippen LogP contribution in [-0.4, -0.2) is 67.8 Å². The second-order valence-electron chi connectivity index (χ2n) is 8.95. The number of aromatic amines is 1. The molecule has 1 aliphatic heterocycles. The highest BCUT2D eigenvalue weighted by Gasteiger charge is 2.28. The lowest BCUT2D eigenvalue weighted by molar-refractivity contribution is -0.384. The van der Waals surface area contributed by atoms with Gasteiger partial charge in [0.05, 0.1) is 20.8 Å². The molecule has 1 saturated heterocycles. The van der Waals surface area contributed by atoms with E-state index < -0.39 is 32.8 Å². The molecule has 41 heavy (non-hydrogen) atoms. The van der Waals surface area contributed by atoms with E-state index in [4.69, 9.17) is 4.74 Å². The van der Waals surface area contributed by atoms with E-state index in [1.165, 1.54) is 58.3 Å². The van der Waals surface area contributed by atoms with E-state index in [0.717, 1.165) is 12.1 Å². The smallest absolute Gasteiger partial charge is 0.282 e. The number of H-pyrrole nitrogens is 1. The van der Waals surface area contributed by atoms with Crippen molar-refractivity contribution in [3.05, 3.63) is 108 Å². The molecule has 208 valence electrons. The summed E-state index contributed by atoms with van der Waals surface area (Å²) in [6.07, 6.45) is 0. The van der Waals surface area contributed by atoms with Crippen LogP contribution in [0.25, 0.3) is 10.8 Å². The molecule has 0 bridgehead atoms. The Morgan fingerprint density at radius 2 is 1.56 bits per heavy atom. The summed E-state index contributed by atoms with van der Waals surface area (Å²) in [6, 6.07) is 12.4. The standard InChI is InChI=1S/C26H19FN6O8/c27-20-9-8-17(41-24-22-18(23(34)28-29-24)2-1-3-21(22)33(39)40)14-19(20)26(36)31-12-10-30(11-13-31)25(35)15-4-6-16(7-5-15)32(37)38/h1-9,14H,10-13H2,(H,28,34). The summed E-state index contributed by atoms with van der Waals surface area (Å²) < 4.78 is 20.4. The second kappa shape index (κ2) is 10.8. The van der Waals surface area contributed by atoms with Gasteiger partial charge in [0.15, 0.2) is 0 Å². The third kappa shape index (κ3) is 5.27. The third-order valence-corrected chi connectivity index (χ3v) is 6.52. The van der Waals surface area contributed by atoms with E-state index >= 15 is 0 Å². The molecule has 1 aliphatic rings. The van der Waals surface area contributed by atoms with Gasteiger partial charge >= 0.3 is 0 Å². The molecule has 0 aliphatic carbocycles. The predicted octanol–water partition coefficient (Wildman–Crippen LogP) is 3.27. The van der Waals surface area contributed by atoms with E-state index in [9.17, 15) is 39.0 Å². The fourth-order valence-electron chi connectivity index (χ4n) is 4.43. The number of ether oxygens (including phenoxy) is 1. The first-order chi connectivity index (χ1) is 19.6. The molecular weight excluding hydrogens is 543 g/mol. The summed E-state index contributed by atoms with van der Waals surface area (Å²) >= 11 is 0. The Kier molecular flexibility index (Phi) is 7.07. The monoisotopic (exact) mass is 562 g/mol. The fraction of sp³-hybridized carbons (Fsp3) is 0.154. The van der Waals surface area contributed by atoms with Crippen LogP contribution < -0.4 is 10.3 Å². The van der Waals surface area contributed by atoms with Crippen molar-refractivity contribution >= 4 is 34.0 Å². The van der Waals surface area contributed by atoms with Gasteiger partial charge in [-0.3, -0.25) is 34.6 Å². The normalized spacial score (nSPS) is 13.2. The minimum atomic E-state index is -0.836. The maximum atomic E-state index is 14.7. The van der Waals surface area contributed by atoms with Crippen LogP contribution in [0.5, 0.6) is 11.6 Å². The number of rotatable bonds is 6. The van der Waals surface area contributed by atoms with Crippen molar-refractivity contribution in [2.45, 2.75) is 0 Å². The van der Waals surface area contributed by atoms with Crippen LogP contribution in [0.4, 0.5) is 15.8 Å². The van der Waals surface area contributed by atoms with Gasteiger partial charge in [-0.05, 0) is 36.4 Å². The molecule has 0 saturated carbocycles. The number of carbonyl (C=O) groups is 2. The first-order valence-electron chi connectivity index (χ1n) is 12.1. The number of piperazine rings is 1. The Morgan fingerprint density at radius 1 is 0.902 bits per heavy atom. The van der Waals surface area contributed by atoms with Gasteiger partial charge in [0.25, 0.3) is 34.6 Å². The molecule has 1 fully saturated rings. The highest BCUT2D eigenvalue weighted by Crippen LogP contribution is 2.33. The average molecular weight is 562 g/mol. The summed E-state index contributed by atoms with van der Waals surface area (Å²) in [5.41, 5.74) is -1.31. The predicted molar refractivity (Wildman–Crippen MR) is 140 cm³/mol. The molecule has 1 N–H and O–H groups in total. The van der Waals surface area contributed by atoms with Crippen molar-refractivity contribution in [1.82, 2.24) is 20.0 Å². The molecule has 15 heteroatoms. The lowest BCUT2D eigenvalue weighted by Crippen LogP contribution is -2.50. The molecule has 1 aromatic heterocycles. The molecule has 3 aromatic carbocycles. The fourth-order valence-corrected chi connectivity index (χ4v) is 4.43. The number of carbonyl (C=O) groups excluding carboxylic acids is 2. The summed E-state index contributed by atoms with van der Waals surface area (Å²) in [6.45, 7) is 0.493. The highest BCUT2D eigenvalue weighted by atomic mass is 19.1. The second-order valence-corrected chi connectivity index (χ2v) is 8.95. The van der Waals surface area contributed by atoms with E-state index in [-0.39, 0.29) is 71.3 Å². The zero-order chi connectivity index (χ0) is 29.3. The molecular formula is C26H19FN6O8. The van der Waals surface area contributed by atoms with Gasteiger partial charge in [-0.15, -0.1) is 5.10 Å². The number of amides is 2. The number of nitrogens with zero attached hydrogens (tertiary/aromatic N) is 5. The topological polar surface area (TPSA) is 182 Å². The van der Waals surface area contributed by atoms with Crippen molar-refractivity contribution in [2.75, 3.05) is 26.2 Å². The van der Waals surface area contributed by atoms with Crippen LogP contribution in [0.15, 0.2) is 65.5 Å². The summed E-state index contributed by atoms with van der Waals surface area (Å²) in [5, 5.41) is 28.1. The van der Waals surface area contributed by atoms with Crippen LogP contribution >= 0.6 is 0 Å². The highest BCUT2D eigenvalue weighted by molar-refractivity contribution is 5.97. The van der Waals surface area contributed by atoms with Crippen molar-refractivity contribution in [3.63, 3.8) is 0 Å². The maximum Gasteiger partial charge on any atom is 0.282 e. The van der Waals surface area contributed by atoms with Crippen molar-refractivity contribution in [1.29, 1.82) is 0 Å². The Labute approximate surface area is 228 Å². The van der Waals surface area contributed by atoms with Crippen molar-refractivity contribution < 1.29 is 28.6 Å². The number of hydrogen-bond donors (Lipinski definition) is 1. The Hall–Kier alpha value is -5.73. The Morgan fingerprint density at radius 3 is 2.20 bits per heavy atom. The zero-order valence-corrected chi connectivity index (χ0v) is 21.0. The number of hydrogen-bond acceptors (Lipinski definition) is 9. The van der Waals surface area contributed by atoms with Gasteiger partial charge in [0, 0.05) is 49.9 Å². The Balaban J connectivity index is 1.32. The summed E-state index contributed by atoms with van der Waals surface area (Å²) in [7, 11) is 0. The summed E-state index contributed by atoms with van der Waals surface area (Å²) in [4.78, 5) is 62.1. The molecule has 0 atom stereocenters. The zero-order valence-electron chi connectivity index (χ0n) is 21.0. The van der Waals surface area contributed by atoms with Crippen LogP contribution in [0.3, 0.4) is 0 Å². The number of fused-ring (bicyclic) bond motifs is 1. The SMILES string of the molecule is O=C(c1ccc([N+](=O)[O-])cc1)N1CCN(C(=O)c2cc(Oc3n[nH]c(=O)c4cccc([N+](=O)[O-])c34)ccc2F)CC1. The van der Waals surface area contributed by atoms with E-state index in [1.54, 1.807) is 0 Å². The van der Waals surface area contributed by atoms with E-state index in [1.807, 2.05) is 0 Å². The lowest BCUT2D eigenvalue weighted by Gasteiger charge is -2.35. The maximum absolute atomic E-state index is 14.7. The van der Waals surface area contributed by atoms with Crippen LogP contribution in [0.2, 0.25) is 0 Å². The average Bonchev–Trinajstić information content (AvgIpc) is 2.98. The van der Waals surface area contributed by atoms with Crippen molar-refractivity contribution in [2.24, 2.45) is 0 Å². The molecule has 2 amide bonds. The number of benzene rings is 3.